The highest BCUT2D eigenvalue weighted by Gasteiger charge is 2.31. The SMILES string of the molecule is FC(F)(F)Oc1ccccc1CNc1nc(Cl)ncc1Br. The fourth-order valence-corrected chi connectivity index (χ4v) is 1.99. The molecule has 2 rings (SSSR count). The van der Waals surface area contributed by atoms with Crippen molar-refractivity contribution in [1.29, 1.82) is 0 Å². The monoisotopic (exact) mass is 381 g/mol. The summed E-state index contributed by atoms with van der Waals surface area (Å²) >= 11 is 8.87. The summed E-state index contributed by atoms with van der Waals surface area (Å²) in [4.78, 5) is 7.68. The van der Waals surface area contributed by atoms with Crippen molar-refractivity contribution in [2.75, 3.05) is 5.32 Å². The van der Waals surface area contributed by atoms with Crippen LogP contribution >= 0.6 is 27.5 Å². The fraction of sp³-hybridized carbons (Fsp3) is 0.167. The Morgan fingerprint density at radius 2 is 2.00 bits per heavy atom. The van der Waals surface area contributed by atoms with Crippen LogP contribution in [0.5, 0.6) is 5.75 Å². The summed E-state index contributed by atoms with van der Waals surface area (Å²) in [7, 11) is 0. The number of nitrogens with one attached hydrogen (secondary N) is 1. The molecule has 0 aliphatic rings. The number of alkyl halides is 3. The molecule has 1 aromatic heterocycles. The quantitative estimate of drug-likeness (QED) is 0.796. The first-order valence-electron chi connectivity index (χ1n) is 5.61. The van der Waals surface area contributed by atoms with Gasteiger partial charge in [-0.1, -0.05) is 18.2 Å². The van der Waals surface area contributed by atoms with Gasteiger partial charge in [0.2, 0.25) is 5.28 Å². The lowest BCUT2D eigenvalue weighted by molar-refractivity contribution is -0.274. The molecule has 4 nitrogen and oxygen atoms in total. The van der Waals surface area contributed by atoms with Crippen molar-refractivity contribution in [3.05, 3.63) is 45.8 Å². The topological polar surface area (TPSA) is 47.0 Å². The maximum absolute atomic E-state index is 12.3. The van der Waals surface area contributed by atoms with Gasteiger partial charge in [-0.25, -0.2) is 4.98 Å². The Bertz CT molecular complexity index is 639. The second-order valence-electron chi connectivity index (χ2n) is 3.84. The predicted molar refractivity (Wildman–Crippen MR) is 75.2 cm³/mol. The van der Waals surface area contributed by atoms with Gasteiger partial charge in [0.15, 0.2) is 0 Å². The Balaban J connectivity index is 2.15. The second kappa shape index (κ2) is 6.48. The van der Waals surface area contributed by atoms with Gasteiger partial charge < -0.3 is 10.1 Å². The molecule has 0 bridgehead atoms. The third-order valence-electron chi connectivity index (χ3n) is 2.36. The van der Waals surface area contributed by atoms with Crippen molar-refractivity contribution < 1.29 is 17.9 Å². The number of ether oxygens (including phenoxy) is 1. The molecule has 21 heavy (non-hydrogen) atoms. The lowest BCUT2D eigenvalue weighted by Crippen LogP contribution is -2.18. The molecule has 0 unspecified atom stereocenters. The first-order chi connectivity index (χ1) is 9.85. The van der Waals surface area contributed by atoms with Gasteiger partial charge in [-0.15, -0.1) is 13.2 Å². The van der Waals surface area contributed by atoms with Gasteiger partial charge in [0.25, 0.3) is 0 Å². The molecule has 0 radical (unpaired) electrons. The summed E-state index contributed by atoms with van der Waals surface area (Å²) < 4.78 is 41.4. The predicted octanol–water partition coefficient (Wildman–Crippen LogP) is 4.40. The first-order valence-corrected chi connectivity index (χ1v) is 6.78. The highest BCUT2D eigenvalue weighted by atomic mass is 79.9. The van der Waals surface area contributed by atoms with Gasteiger partial charge in [-0.3, -0.25) is 0 Å². The van der Waals surface area contributed by atoms with E-state index in [1.165, 1.54) is 24.4 Å². The molecule has 1 heterocycles. The zero-order valence-corrected chi connectivity index (χ0v) is 12.6. The maximum atomic E-state index is 12.3. The maximum Gasteiger partial charge on any atom is 0.573 e. The largest absolute Gasteiger partial charge is 0.573 e. The van der Waals surface area contributed by atoms with E-state index < -0.39 is 6.36 Å². The Kier molecular flexibility index (Phi) is 4.89. The van der Waals surface area contributed by atoms with E-state index in [9.17, 15) is 13.2 Å². The molecule has 0 aliphatic heterocycles. The minimum atomic E-state index is -4.74. The molecule has 9 heteroatoms. The number of anilines is 1. The molecule has 0 atom stereocenters. The molecule has 0 saturated carbocycles. The van der Waals surface area contributed by atoms with E-state index in [0.717, 1.165) is 0 Å². The molecule has 112 valence electrons. The van der Waals surface area contributed by atoms with Gasteiger partial charge in [-0.05, 0) is 33.6 Å². The summed E-state index contributed by atoms with van der Waals surface area (Å²) in [6, 6.07) is 5.83. The van der Waals surface area contributed by atoms with E-state index in [-0.39, 0.29) is 17.6 Å². The van der Waals surface area contributed by atoms with Crippen LogP contribution in [0.3, 0.4) is 0 Å². The molecule has 0 fully saturated rings. The van der Waals surface area contributed by atoms with Crippen LogP contribution in [0.25, 0.3) is 0 Å². The highest BCUT2D eigenvalue weighted by molar-refractivity contribution is 9.10. The van der Waals surface area contributed by atoms with Crippen molar-refractivity contribution in [2.45, 2.75) is 12.9 Å². The van der Waals surface area contributed by atoms with Crippen LogP contribution in [0.15, 0.2) is 34.9 Å². The number of hydrogen-bond acceptors (Lipinski definition) is 4. The van der Waals surface area contributed by atoms with Crippen LogP contribution in [-0.2, 0) is 6.54 Å². The number of rotatable bonds is 4. The van der Waals surface area contributed by atoms with Crippen molar-refractivity contribution >= 4 is 33.3 Å². The zero-order chi connectivity index (χ0) is 15.5. The summed E-state index contributed by atoms with van der Waals surface area (Å²) in [5.74, 6) is 0.102. The van der Waals surface area contributed by atoms with Crippen molar-refractivity contribution in [2.24, 2.45) is 0 Å². The summed E-state index contributed by atoms with van der Waals surface area (Å²) in [5.41, 5.74) is 0.330. The van der Waals surface area contributed by atoms with E-state index >= 15 is 0 Å². The van der Waals surface area contributed by atoms with Gasteiger partial charge in [0.1, 0.15) is 11.6 Å². The average Bonchev–Trinajstić information content (AvgIpc) is 2.39. The van der Waals surface area contributed by atoms with Crippen molar-refractivity contribution in [3.63, 3.8) is 0 Å². The summed E-state index contributed by atoms with van der Waals surface area (Å²) in [6.45, 7) is 0.0815. The summed E-state index contributed by atoms with van der Waals surface area (Å²) in [5, 5.41) is 2.89. The van der Waals surface area contributed by atoms with Gasteiger partial charge in [-0.2, -0.15) is 4.98 Å². The van der Waals surface area contributed by atoms with Crippen molar-refractivity contribution in [1.82, 2.24) is 9.97 Å². The number of para-hydroxylation sites is 1. The third kappa shape index (κ3) is 4.75. The fourth-order valence-electron chi connectivity index (χ4n) is 1.52. The van der Waals surface area contributed by atoms with Crippen LogP contribution in [-0.4, -0.2) is 16.3 Å². The number of hydrogen-bond donors (Lipinski definition) is 1. The zero-order valence-electron chi connectivity index (χ0n) is 10.3. The molecule has 2 aromatic rings. The lowest BCUT2D eigenvalue weighted by Gasteiger charge is -2.14. The molecule has 1 N–H and O–H groups in total. The highest BCUT2D eigenvalue weighted by Crippen LogP contribution is 2.27. The third-order valence-corrected chi connectivity index (χ3v) is 3.12. The average molecular weight is 383 g/mol. The molecular weight excluding hydrogens is 375 g/mol. The van der Waals surface area contributed by atoms with Gasteiger partial charge >= 0.3 is 6.36 Å². The smallest absolute Gasteiger partial charge is 0.405 e. The van der Waals surface area contributed by atoms with E-state index in [4.69, 9.17) is 11.6 Å². The van der Waals surface area contributed by atoms with Gasteiger partial charge in [0, 0.05) is 18.3 Å². The molecule has 0 aliphatic carbocycles. The minimum absolute atomic E-state index is 0.0283. The summed E-state index contributed by atoms with van der Waals surface area (Å²) in [6.07, 6.45) is -3.30. The first kappa shape index (κ1) is 15.8. The van der Waals surface area contributed by atoms with E-state index in [1.807, 2.05) is 0 Å². The van der Waals surface area contributed by atoms with Crippen LogP contribution in [0, 0.1) is 0 Å². The van der Waals surface area contributed by atoms with Crippen LogP contribution < -0.4 is 10.1 Å². The normalized spacial score (nSPS) is 11.3. The van der Waals surface area contributed by atoms with Crippen LogP contribution in [0.1, 0.15) is 5.56 Å². The van der Waals surface area contributed by atoms with Crippen LogP contribution in [0.2, 0.25) is 5.28 Å². The second-order valence-corrected chi connectivity index (χ2v) is 5.04. The van der Waals surface area contributed by atoms with E-state index in [1.54, 1.807) is 6.07 Å². The van der Waals surface area contributed by atoms with Crippen molar-refractivity contribution in [3.8, 4) is 5.75 Å². The van der Waals surface area contributed by atoms with Crippen LogP contribution in [0.4, 0.5) is 19.0 Å². The van der Waals surface area contributed by atoms with Gasteiger partial charge in [0.05, 0.1) is 4.47 Å². The molecular formula is C12H8BrClF3N3O. The lowest BCUT2D eigenvalue weighted by atomic mass is 10.2. The Morgan fingerprint density at radius 3 is 2.71 bits per heavy atom. The van der Waals surface area contributed by atoms with E-state index in [2.05, 4.69) is 36.0 Å². The number of aromatic nitrogens is 2. The molecule has 1 aromatic carbocycles. The molecule has 0 amide bonds. The molecule has 0 saturated heterocycles. The number of halogens is 5. The Labute approximate surface area is 131 Å². The standard InChI is InChI=1S/C12H8BrClF3N3O/c13-8-6-19-11(14)20-10(8)18-5-7-3-1-2-4-9(7)21-12(15,16)17/h1-4,6H,5H2,(H,18,19,20). The number of benzene rings is 1. The number of nitrogens with zero attached hydrogens (tertiary/aromatic N) is 2. The molecule has 0 spiro atoms. The van der Waals surface area contributed by atoms with E-state index in [0.29, 0.717) is 15.9 Å². The minimum Gasteiger partial charge on any atom is -0.405 e. The Morgan fingerprint density at radius 1 is 1.29 bits per heavy atom. The Hall–Kier alpha value is -1.54.